The van der Waals surface area contributed by atoms with Crippen molar-refractivity contribution >= 4 is 78.9 Å². The van der Waals surface area contributed by atoms with Crippen LogP contribution in [0.4, 0.5) is 0 Å². The monoisotopic (exact) mass is 594 g/mol. The Balaban J connectivity index is 0.000000156. The fourth-order valence-corrected chi connectivity index (χ4v) is 5.36. The summed E-state index contributed by atoms with van der Waals surface area (Å²) in [5.41, 5.74) is 7.93. The molecule has 8 aromatic rings. The zero-order chi connectivity index (χ0) is 27.9. The maximum absolute atomic E-state index is 6.22. The summed E-state index contributed by atoms with van der Waals surface area (Å²) in [6.07, 6.45) is 0. The van der Waals surface area contributed by atoms with Gasteiger partial charge in [-0.1, -0.05) is 84.4 Å². The summed E-state index contributed by atoms with van der Waals surface area (Å²) in [7, 11) is 0. The van der Waals surface area contributed by atoms with Gasteiger partial charge in [-0.05, 0) is 64.7 Å². The van der Waals surface area contributed by atoms with E-state index in [-0.39, 0.29) is 15.7 Å². The summed E-state index contributed by atoms with van der Waals surface area (Å²) in [6, 6.07) is 33.8. The van der Waals surface area contributed by atoms with E-state index in [1.54, 1.807) is 0 Å². The number of fused-ring (bicyclic) bond motifs is 6. The molecule has 8 rings (SSSR count). The van der Waals surface area contributed by atoms with E-state index in [9.17, 15) is 0 Å². The van der Waals surface area contributed by atoms with Crippen LogP contribution >= 0.6 is 34.8 Å². The van der Waals surface area contributed by atoms with Crippen LogP contribution in [0.25, 0.3) is 66.5 Å². The fraction of sp³-hybridized carbons (Fsp3) is 0. The van der Waals surface area contributed by atoms with E-state index in [1.165, 1.54) is 0 Å². The lowest BCUT2D eigenvalue weighted by atomic mass is 10.0. The molecule has 0 atom stereocenters. The molecule has 0 radical (unpaired) electrons. The predicted octanol–water partition coefficient (Wildman–Crippen LogP) is 10.0. The first kappa shape index (κ1) is 25.5. The van der Waals surface area contributed by atoms with Crippen LogP contribution in [0.3, 0.4) is 0 Å². The van der Waals surface area contributed by atoms with E-state index in [4.69, 9.17) is 43.6 Å². The number of hydrogen-bond donors (Lipinski definition) is 0. The quantitative estimate of drug-likeness (QED) is 0.146. The maximum atomic E-state index is 6.22. The molecule has 4 heterocycles. The van der Waals surface area contributed by atoms with Crippen molar-refractivity contribution in [1.82, 2.24) is 19.9 Å². The van der Waals surface area contributed by atoms with Gasteiger partial charge in [-0.25, -0.2) is 19.9 Å². The molecule has 0 spiro atoms. The van der Waals surface area contributed by atoms with Crippen LogP contribution in [0, 0.1) is 0 Å². The van der Waals surface area contributed by atoms with Gasteiger partial charge in [0, 0.05) is 16.3 Å². The Morgan fingerprint density at radius 3 is 1.71 bits per heavy atom. The van der Waals surface area contributed by atoms with Crippen LogP contribution in [0.1, 0.15) is 0 Å². The van der Waals surface area contributed by atoms with Gasteiger partial charge in [-0.3, -0.25) is 0 Å². The Kier molecular flexibility index (Phi) is 6.51. The first-order chi connectivity index (χ1) is 20.0. The van der Waals surface area contributed by atoms with Crippen molar-refractivity contribution in [1.29, 1.82) is 0 Å². The lowest BCUT2D eigenvalue weighted by Gasteiger charge is -2.06. The summed E-state index contributed by atoms with van der Waals surface area (Å²) in [5, 5.41) is 2.40. The second-order valence-corrected chi connectivity index (χ2v) is 10.2. The molecular formula is C32H17Cl3N4O2. The summed E-state index contributed by atoms with van der Waals surface area (Å²) in [4.78, 5) is 16.8. The number of furan rings is 2. The van der Waals surface area contributed by atoms with E-state index in [0.29, 0.717) is 22.4 Å². The molecule has 9 heteroatoms. The molecule has 0 unspecified atom stereocenters. The van der Waals surface area contributed by atoms with Gasteiger partial charge >= 0.3 is 0 Å². The van der Waals surface area contributed by atoms with E-state index in [2.05, 4.69) is 44.2 Å². The van der Waals surface area contributed by atoms with Gasteiger partial charge in [0.15, 0.2) is 16.3 Å². The normalized spacial score (nSPS) is 11.3. The zero-order valence-electron chi connectivity index (χ0n) is 21.1. The minimum Gasteiger partial charge on any atom is -0.452 e. The minimum absolute atomic E-state index is 0.124. The zero-order valence-corrected chi connectivity index (χ0v) is 23.3. The highest BCUT2D eigenvalue weighted by Crippen LogP contribution is 2.36. The van der Waals surface area contributed by atoms with Crippen LogP contribution in [0.2, 0.25) is 15.7 Å². The third-order valence-corrected chi connectivity index (χ3v) is 7.18. The number of hydrogen-bond acceptors (Lipinski definition) is 6. The summed E-state index contributed by atoms with van der Waals surface area (Å²) in [6.45, 7) is 0. The first-order valence-corrected chi connectivity index (χ1v) is 13.7. The predicted molar refractivity (Wildman–Crippen MR) is 165 cm³/mol. The van der Waals surface area contributed by atoms with Gasteiger partial charge in [0.25, 0.3) is 0 Å². The van der Waals surface area contributed by atoms with Crippen molar-refractivity contribution in [2.45, 2.75) is 0 Å². The smallest absolute Gasteiger partial charge is 0.224 e. The van der Waals surface area contributed by atoms with Crippen LogP contribution in [-0.4, -0.2) is 19.9 Å². The lowest BCUT2D eigenvalue weighted by molar-refractivity contribution is 0.666. The van der Waals surface area contributed by atoms with Crippen molar-refractivity contribution < 1.29 is 8.83 Å². The molecule has 0 aliphatic heterocycles. The van der Waals surface area contributed by atoms with Gasteiger partial charge in [-0.15, -0.1) is 0 Å². The van der Waals surface area contributed by atoms with Crippen LogP contribution in [-0.2, 0) is 0 Å². The molecule has 0 amide bonds. The number of halogens is 3. The Morgan fingerprint density at radius 2 is 1.00 bits per heavy atom. The maximum Gasteiger partial charge on any atom is 0.224 e. The molecule has 6 nitrogen and oxygen atoms in total. The topological polar surface area (TPSA) is 77.8 Å². The second-order valence-electron chi connectivity index (χ2n) is 9.12. The SMILES string of the molecule is Clc1nc(-c2cccc(-c3ccccc3)c2)c2oc3ccccc3c2n1.Clc1nc(Cl)c2oc3ccccc3c2n1. The number of rotatable bonds is 2. The molecular weight excluding hydrogens is 579 g/mol. The van der Waals surface area contributed by atoms with Crippen molar-refractivity contribution in [3.63, 3.8) is 0 Å². The van der Waals surface area contributed by atoms with Crippen molar-refractivity contribution in [2.75, 3.05) is 0 Å². The third kappa shape index (κ3) is 4.76. The largest absolute Gasteiger partial charge is 0.452 e. The Hall–Kier alpha value is -4.49. The molecule has 4 aromatic carbocycles. The van der Waals surface area contributed by atoms with Crippen molar-refractivity contribution in [2.24, 2.45) is 0 Å². The van der Waals surface area contributed by atoms with E-state index in [1.807, 2.05) is 78.9 Å². The Bertz CT molecular complexity index is 2210. The molecule has 0 N–H and O–H groups in total. The molecule has 0 aliphatic carbocycles. The average molecular weight is 596 g/mol. The summed E-state index contributed by atoms with van der Waals surface area (Å²) in [5.74, 6) is 0. The van der Waals surface area contributed by atoms with E-state index in [0.717, 1.165) is 44.1 Å². The average Bonchev–Trinajstić information content (AvgIpc) is 3.56. The van der Waals surface area contributed by atoms with Gasteiger partial charge in [0.2, 0.25) is 10.6 Å². The fourth-order valence-electron chi connectivity index (χ4n) is 4.77. The standard InChI is InChI=1S/C22H13ClN2O.C10H4Cl2N2O/c23-22-24-19(21-20(25-22)17-11-4-5-12-18(17)26-21)16-10-6-9-15(13-16)14-7-2-1-3-8-14;11-9-8-7(13-10(12)14-9)5-3-1-2-4-6(5)15-8/h1-13H;1-4H. The molecule has 0 fully saturated rings. The van der Waals surface area contributed by atoms with Crippen molar-refractivity contribution in [3.8, 4) is 22.4 Å². The molecule has 0 saturated heterocycles. The molecule has 0 bridgehead atoms. The van der Waals surface area contributed by atoms with Gasteiger partial charge in [0.1, 0.15) is 27.9 Å². The van der Waals surface area contributed by atoms with E-state index < -0.39 is 0 Å². The third-order valence-electron chi connectivity index (χ3n) is 6.59. The van der Waals surface area contributed by atoms with Crippen LogP contribution in [0.5, 0.6) is 0 Å². The number of nitrogens with zero attached hydrogens (tertiary/aromatic N) is 4. The van der Waals surface area contributed by atoms with Gasteiger partial charge in [0.05, 0.1) is 0 Å². The highest BCUT2D eigenvalue weighted by molar-refractivity contribution is 6.36. The van der Waals surface area contributed by atoms with Gasteiger partial charge < -0.3 is 8.83 Å². The number of benzene rings is 4. The summed E-state index contributed by atoms with van der Waals surface area (Å²) < 4.78 is 11.6. The van der Waals surface area contributed by atoms with Crippen molar-refractivity contribution in [3.05, 3.63) is 119 Å². The van der Waals surface area contributed by atoms with E-state index >= 15 is 0 Å². The molecule has 0 saturated carbocycles. The second kappa shape index (κ2) is 10.5. The van der Waals surface area contributed by atoms with Gasteiger partial charge in [-0.2, -0.15) is 0 Å². The molecule has 4 aromatic heterocycles. The van der Waals surface area contributed by atoms with Crippen LogP contribution in [0.15, 0.2) is 112 Å². The Morgan fingerprint density at radius 1 is 0.463 bits per heavy atom. The lowest BCUT2D eigenvalue weighted by Crippen LogP contribution is -1.90. The highest BCUT2D eigenvalue weighted by atomic mass is 35.5. The first-order valence-electron chi connectivity index (χ1n) is 12.6. The highest BCUT2D eigenvalue weighted by Gasteiger charge is 2.17. The number of aromatic nitrogens is 4. The molecule has 41 heavy (non-hydrogen) atoms. The number of para-hydroxylation sites is 2. The van der Waals surface area contributed by atoms with Crippen LogP contribution < -0.4 is 0 Å². The molecule has 0 aliphatic rings. The Labute approximate surface area is 248 Å². The molecule has 198 valence electrons. The minimum atomic E-state index is 0.124. The summed E-state index contributed by atoms with van der Waals surface area (Å²) >= 11 is 17.9.